The van der Waals surface area contributed by atoms with E-state index in [0.29, 0.717) is 19.5 Å². The van der Waals surface area contributed by atoms with Gasteiger partial charge < -0.3 is 19.8 Å². The maximum absolute atomic E-state index is 12.2. The molecule has 1 aliphatic heterocycles. The number of para-hydroxylation sites is 1. The topological polar surface area (TPSA) is 80.4 Å². The van der Waals surface area contributed by atoms with Crippen LogP contribution >= 0.6 is 12.4 Å². The van der Waals surface area contributed by atoms with E-state index in [0.717, 1.165) is 22.0 Å². The predicted octanol–water partition coefficient (Wildman–Crippen LogP) is 2.38. The fourth-order valence-corrected chi connectivity index (χ4v) is 3.05. The summed E-state index contributed by atoms with van der Waals surface area (Å²) in [5.74, 6) is -0.769. The normalized spacial score (nSPS) is 17.0. The van der Waals surface area contributed by atoms with Crippen molar-refractivity contribution in [3.05, 3.63) is 47.7 Å². The lowest BCUT2D eigenvalue weighted by atomic mass is 10.0. The first-order valence-corrected chi connectivity index (χ1v) is 8.34. The first-order valence-electron chi connectivity index (χ1n) is 8.34. The minimum Gasteiger partial charge on any atom is -0.469 e. The second kappa shape index (κ2) is 9.40. The number of methoxy groups -OCH3 is 1. The molecular formula is C19H23ClN2O4. The van der Waals surface area contributed by atoms with Crippen LogP contribution in [0.25, 0.3) is 10.9 Å². The zero-order valence-electron chi connectivity index (χ0n) is 14.6. The van der Waals surface area contributed by atoms with Gasteiger partial charge in [0.15, 0.2) is 0 Å². The number of hydrogen-bond acceptors (Lipinski definition) is 5. The number of carbonyl (C=O) groups is 2. The molecule has 0 saturated carbocycles. The molecule has 3 rings (SSSR count). The molecule has 0 bridgehead atoms. The summed E-state index contributed by atoms with van der Waals surface area (Å²) in [7, 11) is 1.39. The lowest BCUT2D eigenvalue weighted by Gasteiger charge is -2.14. The standard InChI is InChI=1S/C19H22N2O4.ClH/c1-24-19(23)15-8-13(6-7-20-10-15)12-25-18(22)9-14-11-21-17-5-3-2-4-16(14)17;/h2-6,11,15,20-21H,7-10,12H2,1H3;1H. The van der Waals surface area contributed by atoms with E-state index in [1.54, 1.807) is 0 Å². The number of aromatic nitrogens is 1. The van der Waals surface area contributed by atoms with Crippen molar-refractivity contribution >= 4 is 35.2 Å². The Morgan fingerprint density at radius 2 is 2.08 bits per heavy atom. The summed E-state index contributed by atoms with van der Waals surface area (Å²) in [4.78, 5) is 27.1. The molecule has 26 heavy (non-hydrogen) atoms. The third-order valence-electron chi connectivity index (χ3n) is 4.40. The van der Waals surface area contributed by atoms with E-state index in [9.17, 15) is 9.59 Å². The second-order valence-corrected chi connectivity index (χ2v) is 6.14. The van der Waals surface area contributed by atoms with Gasteiger partial charge >= 0.3 is 11.9 Å². The van der Waals surface area contributed by atoms with Gasteiger partial charge in [-0.15, -0.1) is 12.4 Å². The summed E-state index contributed by atoms with van der Waals surface area (Å²) < 4.78 is 10.2. The van der Waals surface area contributed by atoms with Crippen LogP contribution in [-0.4, -0.2) is 43.7 Å². The number of hydrogen-bond donors (Lipinski definition) is 2. The van der Waals surface area contributed by atoms with Crippen molar-refractivity contribution in [1.29, 1.82) is 0 Å². The quantitative estimate of drug-likeness (QED) is 0.616. The smallest absolute Gasteiger partial charge is 0.310 e. The van der Waals surface area contributed by atoms with Gasteiger partial charge in [-0.2, -0.15) is 0 Å². The number of H-pyrrole nitrogens is 1. The highest BCUT2D eigenvalue weighted by Gasteiger charge is 2.22. The molecule has 1 aromatic carbocycles. The lowest BCUT2D eigenvalue weighted by molar-refractivity contribution is -0.145. The van der Waals surface area contributed by atoms with Gasteiger partial charge in [0.2, 0.25) is 0 Å². The number of carbonyl (C=O) groups excluding carboxylic acids is 2. The Hall–Kier alpha value is -2.31. The molecule has 0 radical (unpaired) electrons. The minimum atomic E-state index is -0.280. The first-order chi connectivity index (χ1) is 12.2. The molecule has 1 aromatic heterocycles. The molecule has 1 aliphatic rings. The third-order valence-corrected chi connectivity index (χ3v) is 4.40. The predicted molar refractivity (Wildman–Crippen MR) is 101 cm³/mol. The molecule has 0 amide bonds. The van der Waals surface area contributed by atoms with E-state index in [2.05, 4.69) is 10.3 Å². The van der Waals surface area contributed by atoms with Crippen LogP contribution in [0.15, 0.2) is 42.1 Å². The van der Waals surface area contributed by atoms with Crippen LogP contribution < -0.4 is 5.32 Å². The van der Waals surface area contributed by atoms with E-state index in [1.165, 1.54) is 7.11 Å². The van der Waals surface area contributed by atoms with Crippen LogP contribution in [0.4, 0.5) is 0 Å². The van der Waals surface area contributed by atoms with E-state index in [1.807, 2.05) is 36.5 Å². The van der Waals surface area contributed by atoms with Crippen molar-refractivity contribution in [2.45, 2.75) is 12.8 Å². The van der Waals surface area contributed by atoms with Crippen LogP contribution in [0.2, 0.25) is 0 Å². The van der Waals surface area contributed by atoms with Gasteiger partial charge in [0.05, 0.1) is 19.4 Å². The Balaban J connectivity index is 0.00000243. The lowest BCUT2D eigenvalue weighted by Crippen LogP contribution is -2.28. The Labute approximate surface area is 158 Å². The molecule has 1 unspecified atom stereocenters. The van der Waals surface area contributed by atoms with Gasteiger partial charge in [0.25, 0.3) is 0 Å². The molecule has 0 fully saturated rings. The zero-order valence-corrected chi connectivity index (χ0v) is 15.4. The van der Waals surface area contributed by atoms with Gasteiger partial charge in [-0.3, -0.25) is 9.59 Å². The van der Waals surface area contributed by atoms with E-state index in [-0.39, 0.29) is 43.3 Å². The minimum absolute atomic E-state index is 0. The Bertz CT molecular complexity index is 800. The Kier molecular flexibility index (Phi) is 7.24. The molecule has 2 aromatic rings. The zero-order chi connectivity index (χ0) is 17.6. The molecule has 7 heteroatoms. The van der Waals surface area contributed by atoms with Gasteiger partial charge in [0, 0.05) is 30.2 Å². The maximum atomic E-state index is 12.2. The number of rotatable bonds is 5. The molecule has 0 spiro atoms. The Morgan fingerprint density at radius 1 is 1.27 bits per heavy atom. The Morgan fingerprint density at radius 3 is 2.88 bits per heavy atom. The molecule has 0 saturated heterocycles. The van der Waals surface area contributed by atoms with Crippen molar-refractivity contribution in [2.24, 2.45) is 5.92 Å². The van der Waals surface area contributed by atoms with E-state index < -0.39 is 0 Å². The van der Waals surface area contributed by atoms with Gasteiger partial charge in [-0.05, 0) is 23.6 Å². The summed E-state index contributed by atoms with van der Waals surface area (Å²) in [6.07, 6.45) is 4.58. The molecule has 1 atom stereocenters. The second-order valence-electron chi connectivity index (χ2n) is 6.14. The van der Waals surface area contributed by atoms with Gasteiger partial charge in [0.1, 0.15) is 6.61 Å². The molecule has 140 valence electrons. The molecule has 2 N–H and O–H groups in total. The van der Waals surface area contributed by atoms with Crippen molar-refractivity contribution in [1.82, 2.24) is 10.3 Å². The molecule has 6 nitrogen and oxygen atoms in total. The van der Waals surface area contributed by atoms with Gasteiger partial charge in [-0.25, -0.2) is 0 Å². The number of ether oxygens (including phenoxy) is 2. The number of fused-ring (bicyclic) bond motifs is 1. The third kappa shape index (κ3) is 4.86. The van der Waals surface area contributed by atoms with E-state index in [4.69, 9.17) is 9.47 Å². The first kappa shape index (κ1) is 20.0. The van der Waals surface area contributed by atoms with Crippen LogP contribution in [0, 0.1) is 5.92 Å². The average molecular weight is 379 g/mol. The summed E-state index contributed by atoms with van der Waals surface area (Å²) in [5.41, 5.74) is 2.86. The summed E-state index contributed by atoms with van der Waals surface area (Å²) in [6.45, 7) is 1.43. The molecule has 2 heterocycles. The fraction of sp³-hybridized carbons (Fsp3) is 0.368. The highest BCUT2D eigenvalue weighted by molar-refractivity contribution is 5.87. The summed E-state index contributed by atoms with van der Waals surface area (Å²) in [5, 5.41) is 4.20. The number of benzene rings is 1. The van der Waals surface area contributed by atoms with Crippen molar-refractivity contribution < 1.29 is 19.1 Å². The van der Waals surface area contributed by atoms with Crippen molar-refractivity contribution in [2.75, 3.05) is 26.8 Å². The van der Waals surface area contributed by atoms with Crippen molar-refractivity contribution in [3.63, 3.8) is 0 Å². The van der Waals surface area contributed by atoms with Crippen molar-refractivity contribution in [3.8, 4) is 0 Å². The average Bonchev–Trinajstić information content (AvgIpc) is 2.88. The number of nitrogens with one attached hydrogen (secondary N) is 2. The fourth-order valence-electron chi connectivity index (χ4n) is 3.05. The summed E-state index contributed by atoms with van der Waals surface area (Å²) >= 11 is 0. The van der Waals surface area contributed by atoms with E-state index >= 15 is 0 Å². The summed E-state index contributed by atoms with van der Waals surface area (Å²) in [6, 6.07) is 7.85. The molecular weight excluding hydrogens is 356 g/mol. The largest absolute Gasteiger partial charge is 0.469 e. The maximum Gasteiger partial charge on any atom is 0.310 e. The molecule has 0 aliphatic carbocycles. The van der Waals surface area contributed by atoms with Crippen LogP contribution in [0.1, 0.15) is 12.0 Å². The number of halogens is 1. The highest BCUT2D eigenvalue weighted by Crippen LogP contribution is 2.19. The van der Waals surface area contributed by atoms with Gasteiger partial charge in [-0.1, -0.05) is 24.3 Å². The number of aromatic amines is 1. The van der Waals surface area contributed by atoms with Crippen LogP contribution in [-0.2, 0) is 25.5 Å². The van der Waals surface area contributed by atoms with Crippen LogP contribution in [0.5, 0.6) is 0 Å². The number of esters is 2. The van der Waals surface area contributed by atoms with Crippen LogP contribution in [0.3, 0.4) is 0 Å². The highest BCUT2D eigenvalue weighted by atomic mass is 35.5. The monoisotopic (exact) mass is 378 g/mol. The SMILES string of the molecule is COC(=O)C1CNCC=C(COC(=O)Cc2c[nH]c3ccccc23)C1.Cl.